The first kappa shape index (κ1) is 16.5. The molecule has 0 amide bonds. The zero-order valence-electron chi connectivity index (χ0n) is 12.3. The number of ether oxygens (including phenoxy) is 4. The first-order chi connectivity index (χ1) is 10.6. The summed E-state index contributed by atoms with van der Waals surface area (Å²) in [6.45, 7) is 1.80. The van der Waals surface area contributed by atoms with Gasteiger partial charge in [0.15, 0.2) is 0 Å². The van der Waals surface area contributed by atoms with Gasteiger partial charge in [0.25, 0.3) is 0 Å². The van der Waals surface area contributed by atoms with Crippen molar-refractivity contribution in [1.82, 2.24) is 0 Å². The molecule has 0 radical (unpaired) electrons. The summed E-state index contributed by atoms with van der Waals surface area (Å²) in [6.07, 6.45) is -4.50. The Labute approximate surface area is 128 Å². The summed E-state index contributed by atoms with van der Waals surface area (Å²) in [7, 11) is 0. The van der Waals surface area contributed by atoms with Gasteiger partial charge in [-0.05, 0) is 19.1 Å². The van der Waals surface area contributed by atoms with Crippen LogP contribution in [0.5, 0.6) is 5.75 Å². The van der Waals surface area contributed by atoms with Gasteiger partial charge in [0, 0.05) is 6.42 Å². The number of carbonyl (C=O) groups is 1. The van der Waals surface area contributed by atoms with Gasteiger partial charge in [-0.2, -0.15) is 0 Å². The molecule has 4 unspecified atom stereocenters. The van der Waals surface area contributed by atoms with Gasteiger partial charge in [0.2, 0.25) is 6.29 Å². The fourth-order valence-electron chi connectivity index (χ4n) is 2.07. The second-order valence-corrected chi connectivity index (χ2v) is 4.85. The van der Waals surface area contributed by atoms with Crippen LogP contribution >= 0.6 is 0 Å². The van der Waals surface area contributed by atoms with Gasteiger partial charge in [-0.15, -0.1) is 0 Å². The molecule has 0 saturated carbocycles. The van der Waals surface area contributed by atoms with E-state index in [0.717, 1.165) is 0 Å². The van der Waals surface area contributed by atoms with E-state index < -0.39 is 30.8 Å². The Morgan fingerprint density at radius 3 is 2.68 bits per heavy atom. The summed E-state index contributed by atoms with van der Waals surface area (Å²) in [5.74, 6) is 0.505. The summed E-state index contributed by atoms with van der Waals surface area (Å²) in [4.78, 5) is 11.2. The monoisotopic (exact) mass is 312 g/mol. The summed E-state index contributed by atoms with van der Waals surface area (Å²) in [5, 5.41) is 19.8. The summed E-state index contributed by atoms with van der Waals surface area (Å²) < 4.78 is 20.6. The molecule has 1 aliphatic rings. The molecule has 1 fully saturated rings. The van der Waals surface area contributed by atoms with E-state index in [9.17, 15) is 15.0 Å². The van der Waals surface area contributed by atoms with E-state index in [1.807, 2.05) is 6.07 Å². The van der Waals surface area contributed by atoms with Crippen LogP contribution in [0, 0.1) is 0 Å². The second-order valence-electron chi connectivity index (χ2n) is 4.85. The minimum atomic E-state index is -1.18. The van der Waals surface area contributed by atoms with Crippen molar-refractivity contribution in [3.63, 3.8) is 0 Å². The zero-order valence-corrected chi connectivity index (χ0v) is 12.3. The highest BCUT2D eigenvalue weighted by atomic mass is 16.7. The maximum atomic E-state index is 11.2. The van der Waals surface area contributed by atoms with Gasteiger partial charge >= 0.3 is 6.16 Å². The lowest BCUT2D eigenvalue weighted by Gasteiger charge is -2.36. The second kappa shape index (κ2) is 7.98. The van der Waals surface area contributed by atoms with Crippen LogP contribution in [0.15, 0.2) is 30.3 Å². The molecule has 22 heavy (non-hydrogen) atoms. The standard InChI is InChI=1S/C15H20O7/c1-2-19-15(18)20-9-11-8-12(16)13(17)14(22-11)21-10-6-4-3-5-7-10/h3-7,11-14,16-17H,2,8-9H2,1H3. The van der Waals surface area contributed by atoms with E-state index >= 15 is 0 Å². The minimum Gasteiger partial charge on any atom is -0.462 e. The van der Waals surface area contributed by atoms with Crippen LogP contribution in [0.1, 0.15) is 13.3 Å². The Kier molecular flexibility index (Phi) is 6.00. The first-order valence-corrected chi connectivity index (χ1v) is 7.13. The van der Waals surface area contributed by atoms with E-state index in [2.05, 4.69) is 4.74 Å². The SMILES string of the molecule is CCOC(=O)OCC1CC(O)C(O)C(Oc2ccccc2)O1. The van der Waals surface area contributed by atoms with Gasteiger partial charge in [0.05, 0.1) is 18.8 Å². The van der Waals surface area contributed by atoms with Gasteiger partial charge in [0.1, 0.15) is 18.5 Å². The summed E-state index contributed by atoms with van der Waals surface area (Å²) in [6, 6.07) is 8.81. The molecule has 7 heteroatoms. The topological polar surface area (TPSA) is 94.5 Å². The molecular formula is C15H20O7. The third-order valence-corrected chi connectivity index (χ3v) is 3.15. The molecule has 1 aliphatic heterocycles. The lowest BCUT2D eigenvalue weighted by molar-refractivity contribution is -0.241. The molecule has 0 bridgehead atoms. The molecule has 2 rings (SSSR count). The average Bonchev–Trinajstić information content (AvgIpc) is 2.51. The molecule has 2 N–H and O–H groups in total. The van der Waals surface area contributed by atoms with Crippen molar-refractivity contribution in [3.05, 3.63) is 30.3 Å². The van der Waals surface area contributed by atoms with Crippen LogP contribution < -0.4 is 4.74 Å². The minimum absolute atomic E-state index is 0.0860. The lowest BCUT2D eigenvalue weighted by atomic mass is 10.0. The Morgan fingerprint density at radius 1 is 1.27 bits per heavy atom. The maximum absolute atomic E-state index is 11.2. The molecule has 122 valence electrons. The summed E-state index contributed by atoms with van der Waals surface area (Å²) >= 11 is 0. The van der Waals surface area contributed by atoms with Gasteiger partial charge < -0.3 is 29.2 Å². The Bertz CT molecular complexity index is 464. The predicted molar refractivity (Wildman–Crippen MR) is 75.3 cm³/mol. The number of benzene rings is 1. The number of hydrogen-bond donors (Lipinski definition) is 2. The zero-order chi connectivity index (χ0) is 15.9. The molecule has 1 heterocycles. The Morgan fingerprint density at radius 2 is 2.00 bits per heavy atom. The molecule has 0 aromatic heterocycles. The van der Waals surface area contributed by atoms with E-state index in [1.54, 1.807) is 31.2 Å². The van der Waals surface area contributed by atoms with E-state index in [0.29, 0.717) is 5.75 Å². The highest BCUT2D eigenvalue weighted by molar-refractivity contribution is 5.59. The number of hydrogen-bond acceptors (Lipinski definition) is 7. The molecular weight excluding hydrogens is 292 g/mol. The van der Waals surface area contributed by atoms with Crippen LogP contribution in [-0.4, -0.2) is 54.2 Å². The van der Waals surface area contributed by atoms with Gasteiger partial charge in [-0.3, -0.25) is 0 Å². The van der Waals surface area contributed by atoms with Crippen molar-refractivity contribution < 1.29 is 34.0 Å². The summed E-state index contributed by atoms with van der Waals surface area (Å²) in [5.41, 5.74) is 0. The van der Waals surface area contributed by atoms with Crippen molar-refractivity contribution in [2.45, 2.75) is 37.9 Å². The van der Waals surface area contributed by atoms with Crippen LogP contribution in [0.3, 0.4) is 0 Å². The molecule has 4 atom stereocenters. The van der Waals surface area contributed by atoms with Crippen molar-refractivity contribution in [1.29, 1.82) is 0 Å². The Balaban J connectivity index is 1.90. The van der Waals surface area contributed by atoms with Crippen molar-refractivity contribution in [3.8, 4) is 5.75 Å². The van der Waals surface area contributed by atoms with Crippen LogP contribution in [-0.2, 0) is 14.2 Å². The molecule has 1 aromatic carbocycles. The van der Waals surface area contributed by atoms with Crippen molar-refractivity contribution in [2.24, 2.45) is 0 Å². The highest BCUT2D eigenvalue weighted by Gasteiger charge is 2.38. The van der Waals surface area contributed by atoms with E-state index in [4.69, 9.17) is 14.2 Å². The fraction of sp³-hybridized carbons (Fsp3) is 0.533. The van der Waals surface area contributed by atoms with Crippen LogP contribution in [0.25, 0.3) is 0 Å². The number of rotatable bonds is 5. The average molecular weight is 312 g/mol. The van der Waals surface area contributed by atoms with Crippen molar-refractivity contribution >= 4 is 6.16 Å². The quantitative estimate of drug-likeness (QED) is 0.785. The van der Waals surface area contributed by atoms with Gasteiger partial charge in [-0.1, -0.05) is 18.2 Å². The normalized spacial score (nSPS) is 28.0. The molecule has 0 spiro atoms. The number of para-hydroxylation sites is 1. The lowest BCUT2D eigenvalue weighted by Crippen LogP contribution is -2.52. The molecule has 0 aliphatic carbocycles. The third-order valence-electron chi connectivity index (χ3n) is 3.15. The van der Waals surface area contributed by atoms with Gasteiger partial charge in [-0.25, -0.2) is 4.79 Å². The third kappa shape index (κ3) is 4.59. The van der Waals surface area contributed by atoms with E-state index in [-0.39, 0.29) is 19.6 Å². The molecule has 1 saturated heterocycles. The smallest absolute Gasteiger partial charge is 0.462 e. The Hall–Kier alpha value is -1.83. The number of aliphatic hydroxyl groups is 2. The predicted octanol–water partition coefficient (Wildman–Crippen LogP) is 1.08. The highest BCUT2D eigenvalue weighted by Crippen LogP contribution is 2.24. The fourth-order valence-corrected chi connectivity index (χ4v) is 2.07. The molecule has 7 nitrogen and oxygen atoms in total. The van der Waals surface area contributed by atoms with Crippen molar-refractivity contribution in [2.75, 3.05) is 13.2 Å². The largest absolute Gasteiger partial charge is 0.508 e. The van der Waals surface area contributed by atoms with Crippen LogP contribution in [0.4, 0.5) is 4.79 Å². The number of aliphatic hydroxyl groups excluding tert-OH is 2. The number of carbonyl (C=O) groups excluding carboxylic acids is 1. The molecule has 1 aromatic rings. The van der Waals surface area contributed by atoms with E-state index in [1.165, 1.54) is 0 Å². The first-order valence-electron chi connectivity index (χ1n) is 7.13. The maximum Gasteiger partial charge on any atom is 0.508 e. The van der Waals surface area contributed by atoms with Crippen LogP contribution in [0.2, 0.25) is 0 Å².